The van der Waals surface area contributed by atoms with Gasteiger partial charge >= 0.3 is 0 Å². The number of nitrogens with one attached hydrogen (secondary N) is 1. The Morgan fingerprint density at radius 2 is 1.84 bits per heavy atom. The van der Waals surface area contributed by atoms with Crippen molar-refractivity contribution in [1.29, 1.82) is 0 Å². The third-order valence-corrected chi connectivity index (χ3v) is 6.00. The number of aromatic nitrogens is 1. The highest BCUT2D eigenvalue weighted by Gasteiger charge is 2.18. The molecular formula is C24H22Cl2FN3O2. The first-order valence-corrected chi connectivity index (χ1v) is 11.1. The van der Waals surface area contributed by atoms with Crippen LogP contribution in [-0.4, -0.2) is 29.5 Å². The molecule has 0 radical (unpaired) electrons. The summed E-state index contributed by atoms with van der Waals surface area (Å²) >= 11 is 12.7. The van der Waals surface area contributed by atoms with Gasteiger partial charge in [0.05, 0.1) is 15.7 Å². The highest BCUT2D eigenvalue weighted by molar-refractivity contribution is 6.37. The van der Waals surface area contributed by atoms with E-state index >= 15 is 0 Å². The summed E-state index contributed by atoms with van der Waals surface area (Å²) in [5.41, 5.74) is 2.61. The quantitative estimate of drug-likeness (QED) is 0.413. The summed E-state index contributed by atoms with van der Waals surface area (Å²) in [5, 5.41) is 8.46. The van der Waals surface area contributed by atoms with Crippen LogP contribution in [-0.2, 0) is 4.84 Å². The van der Waals surface area contributed by atoms with E-state index in [1.807, 2.05) is 0 Å². The fraction of sp³-hybridized carbons (Fsp3) is 0.250. The number of rotatable bonds is 5. The summed E-state index contributed by atoms with van der Waals surface area (Å²) < 4.78 is 15.2. The van der Waals surface area contributed by atoms with Gasteiger partial charge in [0.1, 0.15) is 17.6 Å². The number of nitrogens with zero attached hydrogens (tertiary/aromatic N) is 2. The third-order valence-electron chi connectivity index (χ3n) is 5.39. The second kappa shape index (κ2) is 9.86. The summed E-state index contributed by atoms with van der Waals surface area (Å²) in [6, 6.07) is 12.6. The molecule has 4 rings (SSSR count). The van der Waals surface area contributed by atoms with Crippen LogP contribution in [0.3, 0.4) is 0 Å². The molecule has 166 valence electrons. The zero-order valence-electron chi connectivity index (χ0n) is 17.4. The Hall–Kier alpha value is -2.67. The molecule has 0 aliphatic carbocycles. The summed E-state index contributed by atoms with van der Waals surface area (Å²) in [7, 11) is 0. The SMILES string of the molecule is Cc1cc(F)ccc1C(=NOC1CCNCC1)c1ccc(=O)n(-c2c(Cl)cccc2Cl)c1. The molecule has 1 aromatic heterocycles. The Morgan fingerprint density at radius 3 is 2.53 bits per heavy atom. The molecule has 0 saturated carbocycles. The van der Waals surface area contributed by atoms with Crippen LogP contribution in [0.5, 0.6) is 0 Å². The summed E-state index contributed by atoms with van der Waals surface area (Å²) in [4.78, 5) is 18.5. The number of pyridine rings is 1. The van der Waals surface area contributed by atoms with E-state index in [1.54, 1.807) is 43.5 Å². The maximum atomic E-state index is 13.8. The second-order valence-electron chi connectivity index (χ2n) is 7.65. The van der Waals surface area contributed by atoms with Crippen molar-refractivity contribution in [2.45, 2.75) is 25.9 Å². The Labute approximate surface area is 195 Å². The van der Waals surface area contributed by atoms with Crippen molar-refractivity contribution in [3.63, 3.8) is 0 Å². The van der Waals surface area contributed by atoms with Gasteiger partial charge in [-0.2, -0.15) is 0 Å². The van der Waals surface area contributed by atoms with Crippen LogP contribution in [0.25, 0.3) is 5.69 Å². The minimum Gasteiger partial charge on any atom is -0.392 e. The van der Waals surface area contributed by atoms with Crippen LogP contribution in [0, 0.1) is 12.7 Å². The first-order valence-electron chi connectivity index (χ1n) is 10.3. The molecule has 1 fully saturated rings. The van der Waals surface area contributed by atoms with Crippen LogP contribution in [0.15, 0.2) is 64.7 Å². The molecule has 8 heteroatoms. The van der Waals surface area contributed by atoms with E-state index in [-0.39, 0.29) is 17.5 Å². The molecule has 1 N–H and O–H groups in total. The summed E-state index contributed by atoms with van der Waals surface area (Å²) in [6.07, 6.45) is 3.29. The van der Waals surface area contributed by atoms with Gasteiger partial charge in [0.25, 0.3) is 5.56 Å². The molecule has 3 aromatic rings. The largest absolute Gasteiger partial charge is 0.392 e. The van der Waals surface area contributed by atoms with E-state index in [2.05, 4.69) is 10.5 Å². The lowest BCUT2D eigenvalue weighted by molar-refractivity contribution is 0.0379. The smallest absolute Gasteiger partial charge is 0.255 e. The van der Waals surface area contributed by atoms with Crippen LogP contribution in [0.1, 0.15) is 29.5 Å². The molecule has 0 unspecified atom stereocenters. The number of hydrogen-bond donors (Lipinski definition) is 1. The Kier molecular flexibility index (Phi) is 6.94. The molecule has 1 aliphatic rings. The van der Waals surface area contributed by atoms with Crippen molar-refractivity contribution in [3.8, 4) is 5.69 Å². The van der Waals surface area contributed by atoms with Crippen LogP contribution < -0.4 is 10.9 Å². The molecule has 2 heterocycles. The van der Waals surface area contributed by atoms with Gasteiger partial charge in [0.2, 0.25) is 0 Å². The molecule has 1 saturated heterocycles. The fourth-order valence-corrected chi connectivity index (χ4v) is 4.28. The molecule has 0 amide bonds. The molecule has 5 nitrogen and oxygen atoms in total. The standard InChI is InChI=1S/C24H22Cl2FN3O2/c1-15-13-17(27)6-7-19(15)23(29-32-18-9-11-28-12-10-18)16-5-8-22(31)30(14-16)24-20(25)3-2-4-21(24)26/h2-8,13-14,18,28H,9-12H2,1H3. The van der Waals surface area contributed by atoms with Gasteiger partial charge in [-0.3, -0.25) is 9.36 Å². The Morgan fingerprint density at radius 1 is 1.12 bits per heavy atom. The lowest BCUT2D eigenvalue weighted by Crippen LogP contribution is -2.31. The zero-order chi connectivity index (χ0) is 22.7. The van der Waals surface area contributed by atoms with Gasteiger partial charge in [-0.25, -0.2) is 4.39 Å². The van der Waals surface area contributed by atoms with Crippen molar-refractivity contribution in [1.82, 2.24) is 9.88 Å². The van der Waals surface area contributed by atoms with Crippen LogP contribution >= 0.6 is 23.2 Å². The van der Waals surface area contributed by atoms with Crippen LogP contribution in [0.4, 0.5) is 4.39 Å². The van der Waals surface area contributed by atoms with Crippen LogP contribution in [0.2, 0.25) is 10.0 Å². The topological polar surface area (TPSA) is 55.6 Å². The Bertz CT molecular complexity index is 1200. The number of piperidine rings is 1. The van der Waals surface area contributed by atoms with Gasteiger partial charge in [-0.15, -0.1) is 0 Å². The normalized spacial score (nSPS) is 15.1. The maximum Gasteiger partial charge on any atom is 0.255 e. The minimum absolute atomic E-state index is 0.0177. The maximum absolute atomic E-state index is 13.8. The van der Waals surface area contributed by atoms with E-state index in [1.165, 1.54) is 22.8 Å². The lowest BCUT2D eigenvalue weighted by Gasteiger charge is -2.21. The number of halogens is 3. The van der Waals surface area contributed by atoms with Gasteiger partial charge in [-0.1, -0.05) is 34.4 Å². The van der Waals surface area contributed by atoms with Gasteiger partial charge in [0, 0.05) is 23.4 Å². The summed E-state index contributed by atoms with van der Waals surface area (Å²) in [6.45, 7) is 3.53. The van der Waals surface area contributed by atoms with E-state index in [0.29, 0.717) is 38.1 Å². The predicted octanol–water partition coefficient (Wildman–Crippen LogP) is 5.11. The lowest BCUT2D eigenvalue weighted by atomic mass is 9.99. The van der Waals surface area contributed by atoms with E-state index in [9.17, 15) is 9.18 Å². The average Bonchev–Trinajstić information content (AvgIpc) is 2.77. The number of hydrogen-bond acceptors (Lipinski definition) is 4. The third kappa shape index (κ3) is 4.88. The van der Waals surface area contributed by atoms with E-state index in [4.69, 9.17) is 28.0 Å². The average molecular weight is 474 g/mol. The van der Waals surface area contributed by atoms with Crippen molar-refractivity contribution in [3.05, 3.63) is 97.6 Å². The molecule has 0 atom stereocenters. The van der Waals surface area contributed by atoms with Crippen molar-refractivity contribution in [2.24, 2.45) is 5.16 Å². The first kappa shape index (κ1) is 22.5. The molecule has 1 aliphatic heterocycles. The Balaban J connectivity index is 1.83. The van der Waals surface area contributed by atoms with Crippen molar-refractivity contribution < 1.29 is 9.23 Å². The highest BCUT2D eigenvalue weighted by atomic mass is 35.5. The van der Waals surface area contributed by atoms with Gasteiger partial charge < -0.3 is 10.2 Å². The van der Waals surface area contributed by atoms with Crippen molar-refractivity contribution >= 4 is 28.9 Å². The fourth-order valence-electron chi connectivity index (χ4n) is 3.70. The molecule has 32 heavy (non-hydrogen) atoms. The highest BCUT2D eigenvalue weighted by Crippen LogP contribution is 2.28. The first-order chi connectivity index (χ1) is 15.4. The number of benzene rings is 2. The van der Waals surface area contributed by atoms with Gasteiger partial charge in [0.15, 0.2) is 0 Å². The van der Waals surface area contributed by atoms with E-state index in [0.717, 1.165) is 25.9 Å². The molecule has 0 spiro atoms. The predicted molar refractivity (Wildman–Crippen MR) is 126 cm³/mol. The minimum atomic E-state index is -0.335. The molecule has 2 aromatic carbocycles. The number of oxime groups is 1. The number of para-hydroxylation sites is 1. The molecule has 0 bridgehead atoms. The summed E-state index contributed by atoms with van der Waals surface area (Å²) in [5.74, 6) is -0.335. The molecular weight excluding hydrogens is 452 g/mol. The zero-order valence-corrected chi connectivity index (χ0v) is 19.0. The van der Waals surface area contributed by atoms with Crippen molar-refractivity contribution in [2.75, 3.05) is 13.1 Å². The monoisotopic (exact) mass is 473 g/mol. The van der Waals surface area contributed by atoms with Gasteiger partial charge in [-0.05, 0) is 74.8 Å². The second-order valence-corrected chi connectivity index (χ2v) is 8.46. The van der Waals surface area contributed by atoms with E-state index < -0.39 is 0 Å². The number of aryl methyl sites for hydroxylation is 1.